The van der Waals surface area contributed by atoms with Gasteiger partial charge in [-0.25, -0.2) is 4.98 Å². The number of rotatable bonds is 7. The van der Waals surface area contributed by atoms with E-state index in [9.17, 15) is 4.79 Å². The predicted molar refractivity (Wildman–Crippen MR) is 120 cm³/mol. The first-order valence-electron chi connectivity index (χ1n) is 8.63. The number of nitrogens with zero attached hydrogens (tertiary/aromatic N) is 2. The molecule has 2 aromatic heterocycles. The first-order valence-corrected chi connectivity index (χ1v) is 10.4. The van der Waals surface area contributed by atoms with Crippen molar-refractivity contribution in [2.24, 2.45) is 0 Å². The van der Waals surface area contributed by atoms with Gasteiger partial charge in [-0.3, -0.25) is 4.79 Å². The second kappa shape index (κ2) is 9.19. The Balaban J connectivity index is 0.00000225. The SMILES string of the molecule is Cl.O=C(O)CCN(Cc1cccs1)c1nc(-c2cccc3ccccc23)cs1. The van der Waals surface area contributed by atoms with Crippen molar-refractivity contribution in [2.45, 2.75) is 13.0 Å². The van der Waals surface area contributed by atoms with E-state index >= 15 is 0 Å². The minimum atomic E-state index is -0.794. The van der Waals surface area contributed by atoms with E-state index in [1.165, 1.54) is 15.6 Å². The minimum Gasteiger partial charge on any atom is -0.481 e. The lowest BCUT2D eigenvalue weighted by atomic mass is 10.0. The first kappa shape index (κ1) is 20.3. The molecule has 0 unspecified atom stereocenters. The predicted octanol–water partition coefficient (Wildman–Crippen LogP) is 5.93. The Bertz CT molecular complexity index is 1060. The second-order valence-electron chi connectivity index (χ2n) is 6.19. The molecule has 0 saturated carbocycles. The van der Waals surface area contributed by atoms with E-state index in [-0.39, 0.29) is 18.8 Å². The molecule has 2 aromatic carbocycles. The monoisotopic (exact) mass is 430 g/mol. The van der Waals surface area contributed by atoms with Gasteiger partial charge >= 0.3 is 5.97 Å². The summed E-state index contributed by atoms with van der Waals surface area (Å²) in [5.74, 6) is -0.794. The van der Waals surface area contributed by atoms with Crippen LogP contribution in [-0.4, -0.2) is 22.6 Å². The summed E-state index contributed by atoms with van der Waals surface area (Å²) in [6, 6.07) is 18.6. The van der Waals surface area contributed by atoms with Gasteiger partial charge in [-0.05, 0) is 22.2 Å². The first-order chi connectivity index (χ1) is 13.2. The van der Waals surface area contributed by atoms with Crippen LogP contribution in [0.15, 0.2) is 65.4 Å². The van der Waals surface area contributed by atoms with Crippen LogP contribution in [0, 0.1) is 0 Å². The highest BCUT2D eigenvalue weighted by molar-refractivity contribution is 7.14. The maximum absolute atomic E-state index is 11.1. The van der Waals surface area contributed by atoms with Crippen LogP contribution in [0.25, 0.3) is 22.0 Å². The van der Waals surface area contributed by atoms with Crippen molar-refractivity contribution in [2.75, 3.05) is 11.4 Å². The molecule has 4 rings (SSSR count). The van der Waals surface area contributed by atoms with E-state index < -0.39 is 5.97 Å². The van der Waals surface area contributed by atoms with Crippen LogP contribution in [0.5, 0.6) is 0 Å². The van der Waals surface area contributed by atoms with Crippen molar-refractivity contribution in [1.82, 2.24) is 4.98 Å². The molecular formula is C21H19ClN2O2S2. The highest BCUT2D eigenvalue weighted by Crippen LogP contribution is 2.33. The fraction of sp³-hybridized carbons (Fsp3) is 0.143. The van der Waals surface area contributed by atoms with Gasteiger partial charge in [-0.2, -0.15) is 0 Å². The average molecular weight is 431 g/mol. The molecule has 0 radical (unpaired) electrons. The zero-order chi connectivity index (χ0) is 18.6. The third kappa shape index (κ3) is 4.52. The molecule has 4 aromatic rings. The highest BCUT2D eigenvalue weighted by atomic mass is 35.5. The molecule has 2 heterocycles. The standard InChI is InChI=1S/C21H18N2O2S2.ClH/c24-20(25)10-11-23(13-16-7-4-12-26-16)21-22-19(14-27-21)18-9-3-6-15-5-1-2-8-17(15)18;/h1-9,12,14H,10-11,13H2,(H,24,25);1H. The zero-order valence-corrected chi connectivity index (χ0v) is 17.4. The summed E-state index contributed by atoms with van der Waals surface area (Å²) in [7, 11) is 0. The molecule has 7 heteroatoms. The Hall–Kier alpha value is -2.41. The number of fused-ring (bicyclic) bond motifs is 1. The lowest BCUT2D eigenvalue weighted by Gasteiger charge is -2.20. The summed E-state index contributed by atoms with van der Waals surface area (Å²) >= 11 is 3.23. The molecule has 0 aliphatic carbocycles. The van der Waals surface area contributed by atoms with Crippen molar-refractivity contribution >= 4 is 57.0 Å². The number of carboxylic acid groups (broad SMARTS) is 1. The fourth-order valence-electron chi connectivity index (χ4n) is 3.05. The number of aromatic nitrogens is 1. The Morgan fingerprint density at radius 2 is 1.86 bits per heavy atom. The van der Waals surface area contributed by atoms with Crippen LogP contribution < -0.4 is 4.90 Å². The van der Waals surface area contributed by atoms with Gasteiger partial charge in [0.25, 0.3) is 0 Å². The number of hydrogen-bond donors (Lipinski definition) is 1. The van der Waals surface area contributed by atoms with Crippen molar-refractivity contribution in [3.63, 3.8) is 0 Å². The van der Waals surface area contributed by atoms with E-state index in [4.69, 9.17) is 10.1 Å². The highest BCUT2D eigenvalue weighted by Gasteiger charge is 2.15. The fourth-order valence-corrected chi connectivity index (χ4v) is 4.62. The zero-order valence-electron chi connectivity index (χ0n) is 14.9. The van der Waals surface area contributed by atoms with Crippen LogP contribution in [0.1, 0.15) is 11.3 Å². The molecule has 0 bridgehead atoms. The molecule has 0 spiro atoms. The third-order valence-electron chi connectivity index (χ3n) is 4.35. The van der Waals surface area contributed by atoms with E-state index in [1.807, 2.05) is 29.6 Å². The number of thiazole rings is 1. The minimum absolute atomic E-state index is 0. The summed E-state index contributed by atoms with van der Waals surface area (Å²) in [4.78, 5) is 19.2. The Labute approximate surface area is 177 Å². The Kier molecular flexibility index (Phi) is 6.67. The van der Waals surface area contributed by atoms with E-state index in [0.717, 1.165) is 16.4 Å². The van der Waals surface area contributed by atoms with Crippen LogP contribution >= 0.6 is 35.1 Å². The van der Waals surface area contributed by atoms with E-state index in [1.54, 1.807) is 22.7 Å². The van der Waals surface area contributed by atoms with Gasteiger partial charge in [-0.1, -0.05) is 48.5 Å². The number of carbonyl (C=O) groups is 1. The molecule has 1 N–H and O–H groups in total. The molecule has 0 aliphatic rings. The largest absolute Gasteiger partial charge is 0.481 e. The van der Waals surface area contributed by atoms with Gasteiger partial charge < -0.3 is 10.0 Å². The van der Waals surface area contributed by atoms with Crippen LogP contribution in [0.3, 0.4) is 0 Å². The normalized spacial score (nSPS) is 10.6. The van der Waals surface area contributed by atoms with Crippen molar-refractivity contribution in [1.29, 1.82) is 0 Å². The molecule has 0 fully saturated rings. The molecule has 28 heavy (non-hydrogen) atoms. The maximum Gasteiger partial charge on any atom is 0.305 e. The van der Waals surface area contributed by atoms with Crippen molar-refractivity contribution in [3.05, 3.63) is 70.2 Å². The van der Waals surface area contributed by atoms with Crippen molar-refractivity contribution in [3.8, 4) is 11.3 Å². The lowest BCUT2D eigenvalue weighted by Crippen LogP contribution is -2.25. The van der Waals surface area contributed by atoms with E-state index in [0.29, 0.717) is 13.1 Å². The van der Waals surface area contributed by atoms with Gasteiger partial charge in [-0.15, -0.1) is 35.1 Å². The van der Waals surface area contributed by atoms with Crippen LogP contribution in [-0.2, 0) is 11.3 Å². The number of hydrogen-bond acceptors (Lipinski definition) is 5. The Morgan fingerprint density at radius 1 is 1.04 bits per heavy atom. The van der Waals surface area contributed by atoms with Gasteiger partial charge in [0.15, 0.2) is 5.13 Å². The van der Waals surface area contributed by atoms with E-state index in [2.05, 4.69) is 40.6 Å². The Morgan fingerprint density at radius 3 is 2.64 bits per heavy atom. The van der Waals surface area contributed by atoms with Crippen LogP contribution in [0.2, 0.25) is 0 Å². The summed E-state index contributed by atoms with van der Waals surface area (Å²) in [5.41, 5.74) is 2.03. The molecular weight excluding hydrogens is 412 g/mol. The van der Waals surface area contributed by atoms with Gasteiger partial charge in [0.05, 0.1) is 18.7 Å². The summed E-state index contributed by atoms with van der Waals surface area (Å²) < 4.78 is 0. The number of carboxylic acids is 1. The maximum atomic E-state index is 11.1. The summed E-state index contributed by atoms with van der Waals surface area (Å²) in [6.07, 6.45) is 0.0918. The quantitative estimate of drug-likeness (QED) is 0.395. The van der Waals surface area contributed by atoms with Crippen LogP contribution in [0.4, 0.5) is 5.13 Å². The van der Waals surface area contributed by atoms with Gasteiger partial charge in [0.1, 0.15) is 0 Å². The molecule has 0 amide bonds. The van der Waals surface area contributed by atoms with Gasteiger partial charge in [0, 0.05) is 22.4 Å². The second-order valence-corrected chi connectivity index (χ2v) is 8.06. The number of thiophene rings is 1. The number of benzene rings is 2. The average Bonchev–Trinajstić information content (AvgIpc) is 3.36. The molecule has 0 saturated heterocycles. The van der Waals surface area contributed by atoms with Crippen molar-refractivity contribution < 1.29 is 9.90 Å². The molecule has 0 atom stereocenters. The summed E-state index contributed by atoms with van der Waals surface area (Å²) in [6.45, 7) is 1.11. The molecule has 0 aliphatic heterocycles. The number of anilines is 1. The molecule has 4 nitrogen and oxygen atoms in total. The topological polar surface area (TPSA) is 53.4 Å². The number of halogens is 1. The molecule has 144 valence electrons. The smallest absolute Gasteiger partial charge is 0.305 e. The van der Waals surface area contributed by atoms with Gasteiger partial charge in [0.2, 0.25) is 0 Å². The summed E-state index contributed by atoms with van der Waals surface area (Å²) in [5, 5.41) is 16.4. The third-order valence-corrected chi connectivity index (χ3v) is 6.11. The number of aliphatic carboxylic acids is 1. The lowest BCUT2D eigenvalue weighted by molar-refractivity contribution is -0.136.